The third-order valence-corrected chi connectivity index (χ3v) is 8.22. The first-order valence-corrected chi connectivity index (χ1v) is 13.3. The molecule has 8 heteroatoms. The molecule has 0 N–H and O–H groups in total. The average Bonchev–Trinajstić information content (AvgIpc) is 3.74. The number of hydrogen-bond donors (Lipinski definition) is 0. The summed E-state index contributed by atoms with van der Waals surface area (Å²) >= 11 is 0. The first-order valence-electron chi connectivity index (χ1n) is 13.3. The highest BCUT2D eigenvalue weighted by atomic mass is 19.1. The van der Waals surface area contributed by atoms with E-state index in [9.17, 15) is 14.0 Å². The van der Waals surface area contributed by atoms with Gasteiger partial charge in [-0.3, -0.25) is 9.59 Å². The third-order valence-electron chi connectivity index (χ3n) is 8.22. The highest BCUT2D eigenvalue weighted by Crippen LogP contribution is 2.39. The first kappa shape index (κ1) is 24.1. The van der Waals surface area contributed by atoms with Crippen LogP contribution < -0.4 is 15.2 Å². The Kier molecular flexibility index (Phi) is 6.02. The summed E-state index contributed by atoms with van der Waals surface area (Å²) in [6, 6.07) is 7.57. The Morgan fingerprint density at radius 2 is 1.76 bits per heavy atom. The van der Waals surface area contributed by atoms with Crippen molar-refractivity contribution in [3.63, 3.8) is 0 Å². The number of carbonyl (C=O) groups is 1. The van der Waals surface area contributed by atoms with Crippen LogP contribution in [0.25, 0.3) is 10.9 Å². The zero-order valence-corrected chi connectivity index (χ0v) is 21.3. The molecule has 0 spiro atoms. The maximum Gasteiger partial charge on any atom is 0.264 e. The number of nitrogens with zero attached hydrogens (tertiary/aromatic N) is 4. The van der Waals surface area contributed by atoms with Crippen molar-refractivity contribution in [2.75, 3.05) is 42.5 Å². The quantitative estimate of drug-likeness (QED) is 0.513. The number of pyridine rings is 1. The van der Waals surface area contributed by atoms with Gasteiger partial charge >= 0.3 is 0 Å². The van der Waals surface area contributed by atoms with E-state index in [-0.39, 0.29) is 28.9 Å². The van der Waals surface area contributed by atoms with Crippen molar-refractivity contribution in [1.29, 1.82) is 0 Å². The van der Waals surface area contributed by atoms with E-state index in [2.05, 4.69) is 11.8 Å². The topological polar surface area (TPSA) is 48.8 Å². The zero-order chi connectivity index (χ0) is 25.8. The predicted octanol–water partition coefficient (Wildman–Crippen LogP) is 4.74. The second kappa shape index (κ2) is 9.24. The summed E-state index contributed by atoms with van der Waals surface area (Å²) in [6.07, 6.45) is 4.93. The second-order valence-corrected chi connectivity index (χ2v) is 10.6. The third kappa shape index (κ3) is 4.21. The lowest BCUT2D eigenvalue weighted by Gasteiger charge is -2.36. The number of halogens is 2. The van der Waals surface area contributed by atoms with E-state index in [1.165, 1.54) is 18.2 Å². The summed E-state index contributed by atoms with van der Waals surface area (Å²) in [4.78, 5) is 33.6. The monoisotopic (exact) mass is 506 g/mol. The lowest BCUT2D eigenvalue weighted by Crippen LogP contribution is -2.46. The Bertz CT molecular complexity index is 1440. The van der Waals surface area contributed by atoms with Crippen LogP contribution in [0.15, 0.2) is 41.3 Å². The van der Waals surface area contributed by atoms with Crippen molar-refractivity contribution in [3.8, 4) is 0 Å². The van der Waals surface area contributed by atoms with Gasteiger partial charge in [-0.2, -0.15) is 0 Å². The van der Waals surface area contributed by atoms with Crippen molar-refractivity contribution >= 4 is 28.2 Å². The number of benzene rings is 2. The van der Waals surface area contributed by atoms with E-state index < -0.39 is 17.2 Å². The Labute approximate surface area is 215 Å². The standard InChI is InChI=1S/C29H32F2N4O2/c1-3-32-10-12-33(13-11-32)27-16-26-22(15-24(27)31)28(36)23(17-34(26)21-7-8-21)29(37)35-18(2)4-5-19-14-20(30)6-9-25(19)35/h6,9,14-18,21H,3-5,7-8,10-13H2,1-2H3. The van der Waals surface area contributed by atoms with E-state index in [4.69, 9.17) is 0 Å². The Balaban J connectivity index is 1.44. The maximum absolute atomic E-state index is 15.5. The average molecular weight is 507 g/mol. The number of likely N-dealkylation sites (N-methyl/N-ethyl adjacent to an activating group) is 1. The van der Waals surface area contributed by atoms with Crippen molar-refractivity contribution in [2.45, 2.75) is 51.6 Å². The summed E-state index contributed by atoms with van der Waals surface area (Å²) in [6.45, 7) is 8.24. The number of carbonyl (C=O) groups excluding carboxylic acids is 1. The van der Waals surface area contributed by atoms with Gasteiger partial charge in [-0.1, -0.05) is 6.92 Å². The molecule has 1 amide bonds. The van der Waals surface area contributed by atoms with Crippen LogP contribution in [0, 0.1) is 11.6 Å². The van der Waals surface area contributed by atoms with E-state index in [0.29, 0.717) is 29.7 Å². The summed E-state index contributed by atoms with van der Waals surface area (Å²) < 4.78 is 31.3. The van der Waals surface area contributed by atoms with Gasteiger partial charge in [0.05, 0.1) is 11.2 Å². The van der Waals surface area contributed by atoms with Crippen LogP contribution in [-0.4, -0.2) is 54.1 Å². The SMILES string of the molecule is CCN1CCN(c2cc3c(cc2F)c(=O)c(C(=O)N2c4ccc(F)cc4CCC2C)cn3C2CC2)CC1. The molecule has 1 saturated heterocycles. The molecule has 3 aromatic rings. The molecule has 6 rings (SSSR count). The number of fused-ring (bicyclic) bond motifs is 2. The highest BCUT2D eigenvalue weighted by molar-refractivity contribution is 6.08. The molecule has 1 unspecified atom stereocenters. The minimum Gasteiger partial charge on any atom is -0.367 e. The van der Waals surface area contributed by atoms with Crippen LogP contribution in [0.1, 0.15) is 55.1 Å². The molecular formula is C29H32F2N4O2. The fourth-order valence-electron chi connectivity index (χ4n) is 5.87. The Hall–Kier alpha value is -3.26. The zero-order valence-electron chi connectivity index (χ0n) is 21.3. The van der Waals surface area contributed by atoms with Crippen LogP contribution in [0.3, 0.4) is 0 Å². The lowest BCUT2D eigenvalue weighted by molar-refractivity contribution is 0.0973. The van der Waals surface area contributed by atoms with Gasteiger partial charge in [0.15, 0.2) is 0 Å². The summed E-state index contributed by atoms with van der Waals surface area (Å²) in [7, 11) is 0. The minimum atomic E-state index is -0.459. The Morgan fingerprint density at radius 3 is 2.46 bits per heavy atom. The van der Waals surface area contributed by atoms with Crippen LogP contribution in [-0.2, 0) is 6.42 Å². The number of aryl methyl sites for hydroxylation is 1. The molecule has 2 aliphatic heterocycles. The van der Waals surface area contributed by atoms with Crippen molar-refractivity contribution < 1.29 is 13.6 Å². The van der Waals surface area contributed by atoms with Crippen LogP contribution in [0.4, 0.5) is 20.2 Å². The molecule has 3 aliphatic rings. The normalized spacial score (nSPS) is 20.4. The molecule has 6 nitrogen and oxygen atoms in total. The van der Waals surface area contributed by atoms with E-state index in [0.717, 1.165) is 51.1 Å². The van der Waals surface area contributed by atoms with Crippen molar-refractivity contribution in [2.24, 2.45) is 0 Å². The van der Waals surface area contributed by atoms with E-state index in [1.807, 2.05) is 16.4 Å². The molecule has 37 heavy (non-hydrogen) atoms. The number of anilines is 2. The first-order chi connectivity index (χ1) is 17.9. The molecular weight excluding hydrogens is 474 g/mol. The van der Waals surface area contributed by atoms with Crippen LogP contribution >= 0.6 is 0 Å². The molecule has 0 radical (unpaired) electrons. The number of piperazine rings is 1. The Morgan fingerprint density at radius 1 is 1.00 bits per heavy atom. The molecule has 1 aromatic heterocycles. The van der Waals surface area contributed by atoms with Gasteiger partial charge in [-0.15, -0.1) is 0 Å². The van der Waals surface area contributed by atoms with Gasteiger partial charge in [0.2, 0.25) is 5.43 Å². The summed E-state index contributed by atoms with van der Waals surface area (Å²) in [5, 5.41) is 0.232. The van der Waals surface area contributed by atoms with Crippen molar-refractivity contribution in [1.82, 2.24) is 9.47 Å². The number of amides is 1. The molecule has 1 atom stereocenters. The van der Waals surface area contributed by atoms with Gasteiger partial charge < -0.3 is 19.3 Å². The lowest BCUT2D eigenvalue weighted by atomic mass is 9.95. The van der Waals surface area contributed by atoms with Gasteiger partial charge in [0.25, 0.3) is 5.91 Å². The van der Waals surface area contributed by atoms with E-state index in [1.54, 1.807) is 23.2 Å². The predicted molar refractivity (Wildman–Crippen MR) is 142 cm³/mol. The summed E-state index contributed by atoms with van der Waals surface area (Å²) in [5.74, 6) is -1.19. The largest absolute Gasteiger partial charge is 0.367 e. The second-order valence-electron chi connectivity index (χ2n) is 10.6. The van der Waals surface area contributed by atoms with Crippen LogP contribution in [0.5, 0.6) is 0 Å². The maximum atomic E-state index is 15.5. The van der Waals surface area contributed by atoms with Gasteiger partial charge in [-0.25, -0.2) is 8.78 Å². The number of rotatable bonds is 4. The fraction of sp³-hybridized carbons (Fsp3) is 0.448. The van der Waals surface area contributed by atoms with E-state index >= 15 is 4.39 Å². The molecule has 1 aliphatic carbocycles. The molecule has 0 bridgehead atoms. The van der Waals surface area contributed by atoms with Gasteiger partial charge in [0.1, 0.15) is 17.2 Å². The highest BCUT2D eigenvalue weighted by Gasteiger charge is 2.33. The van der Waals surface area contributed by atoms with Gasteiger partial charge in [0, 0.05) is 55.5 Å². The molecule has 2 aromatic carbocycles. The van der Waals surface area contributed by atoms with Crippen molar-refractivity contribution in [3.05, 3.63) is 69.5 Å². The summed E-state index contributed by atoms with van der Waals surface area (Å²) in [5.41, 5.74) is 2.15. The number of hydrogen-bond acceptors (Lipinski definition) is 4. The fourth-order valence-corrected chi connectivity index (χ4v) is 5.87. The smallest absolute Gasteiger partial charge is 0.264 e. The van der Waals surface area contributed by atoms with Gasteiger partial charge in [-0.05, 0) is 75.0 Å². The molecule has 3 heterocycles. The minimum absolute atomic E-state index is 0.0344. The van der Waals surface area contributed by atoms with Crippen LogP contribution in [0.2, 0.25) is 0 Å². The molecule has 1 saturated carbocycles. The number of aromatic nitrogens is 1. The molecule has 194 valence electrons. The molecule has 2 fully saturated rings.